The van der Waals surface area contributed by atoms with Crippen LogP contribution in [0.3, 0.4) is 0 Å². The minimum absolute atomic E-state index is 0.0287. The van der Waals surface area contributed by atoms with Crippen molar-refractivity contribution in [2.45, 2.75) is 83.5 Å². The molecular weight excluding hydrogens is 757 g/mol. The highest BCUT2D eigenvalue weighted by Gasteiger charge is 2.44. The largest absolute Gasteiger partial charge is 0.0839 e. The van der Waals surface area contributed by atoms with Crippen LogP contribution >= 0.6 is 0 Å². The molecule has 6 unspecified atom stereocenters. The first-order valence-corrected chi connectivity index (χ1v) is 24.4. The molecule has 0 aromatic heterocycles. The van der Waals surface area contributed by atoms with Crippen LogP contribution in [0, 0.1) is 35.5 Å². The van der Waals surface area contributed by atoms with Gasteiger partial charge in [-0.1, -0.05) is 166 Å². The summed E-state index contributed by atoms with van der Waals surface area (Å²) >= 11 is 0. The van der Waals surface area contributed by atoms with Crippen molar-refractivity contribution in [3.63, 3.8) is 0 Å². The number of hydrogen-bond donors (Lipinski definition) is 0. The summed E-state index contributed by atoms with van der Waals surface area (Å²) in [5, 5.41) is 0. The van der Waals surface area contributed by atoms with Crippen LogP contribution in [0.25, 0.3) is 22.8 Å². The zero-order valence-electron chi connectivity index (χ0n) is 37.0. The lowest BCUT2D eigenvalue weighted by molar-refractivity contribution is 0.360. The molecule has 0 saturated heterocycles. The molecule has 0 saturated carbocycles. The van der Waals surface area contributed by atoms with Gasteiger partial charge in [-0.25, -0.2) is 0 Å². The van der Waals surface area contributed by atoms with E-state index in [9.17, 15) is 0 Å². The predicted octanol–water partition coefficient (Wildman–Crippen LogP) is 15.8. The summed E-state index contributed by atoms with van der Waals surface area (Å²) in [6.07, 6.45) is 49.6. The van der Waals surface area contributed by atoms with Gasteiger partial charge in [0.05, 0.1) is 0 Å². The van der Waals surface area contributed by atoms with Crippen LogP contribution in [0.4, 0.5) is 0 Å². The number of benzene rings is 3. The van der Waals surface area contributed by atoms with E-state index in [0.717, 1.165) is 44.9 Å². The molecule has 0 aliphatic heterocycles. The SMILES string of the molecule is CC1(C)c2ccccc2-c2ccc(C3=CC4=CC=C(C5=CC6=C(CC5)C(C5C=CC7=C(C=CCC7)C5)=CC5C6C=C(C6C=Cc7ccccc7C6)C6=CC=CCC65)CC4CC3)cc21. The van der Waals surface area contributed by atoms with Crippen molar-refractivity contribution in [3.8, 4) is 11.1 Å². The first-order valence-electron chi connectivity index (χ1n) is 24.4. The molecule has 10 aliphatic carbocycles. The fourth-order valence-electron chi connectivity index (χ4n) is 13.8. The van der Waals surface area contributed by atoms with Gasteiger partial charge in [0.25, 0.3) is 0 Å². The number of rotatable bonds is 4. The zero-order chi connectivity index (χ0) is 41.8. The summed E-state index contributed by atoms with van der Waals surface area (Å²) in [5.41, 5.74) is 27.6. The molecule has 0 N–H and O–H groups in total. The molecule has 0 heteroatoms. The lowest BCUT2D eigenvalue weighted by atomic mass is 9.58. The maximum absolute atomic E-state index is 2.81. The van der Waals surface area contributed by atoms with Gasteiger partial charge in [0.1, 0.15) is 0 Å². The second kappa shape index (κ2) is 14.7. The highest BCUT2D eigenvalue weighted by Crippen LogP contribution is 2.56. The Labute approximate surface area is 375 Å². The minimum atomic E-state index is 0.0287. The van der Waals surface area contributed by atoms with Crippen molar-refractivity contribution in [1.82, 2.24) is 0 Å². The third-order valence-corrected chi connectivity index (χ3v) is 17.1. The van der Waals surface area contributed by atoms with Crippen LogP contribution in [0.2, 0.25) is 0 Å². The summed E-state index contributed by atoms with van der Waals surface area (Å²) < 4.78 is 0. The first-order chi connectivity index (χ1) is 30.9. The number of hydrogen-bond acceptors (Lipinski definition) is 0. The van der Waals surface area contributed by atoms with Crippen molar-refractivity contribution in [3.05, 3.63) is 235 Å². The van der Waals surface area contributed by atoms with Gasteiger partial charge in [-0.05, 0) is 188 Å². The molecule has 0 heterocycles. The Balaban J connectivity index is 0.862. The fourth-order valence-corrected chi connectivity index (χ4v) is 13.8. The Bertz CT molecular complexity index is 2930. The van der Waals surface area contributed by atoms with E-state index >= 15 is 0 Å². The van der Waals surface area contributed by atoms with Gasteiger partial charge in [-0.2, -0.15) is 0 Å². The monoisotopic (exact) mass is 814 g/mol. The van der Waals surface area contributed by atoms with Crippen LogP contribution in [0.5, 0.6) is 0 Å². The van der Waals surface area contributed by atoms with E-state index in [-0.39, 0.29) is 5.41 Å². The van der Waals surface area contributed by atoms with E-state index in [2.05, 4.69) is 172 Å². The van der Waals surface area contributed by atoms with Gasteiger partial charge >= 0.3 is 0 Å². The number of allylic oxidation sites excluding steroid dienone is 25. The molecule has 0 bridgehead atoms. The van der Waals surface area contributed by atoms with Crippen LogP contribution in [-0.2, 0) is 11.8 Å². The van der Waals surface area contributed by atoms with E-state index in [1.54, 1.807) is 50.2 Å². The van der Waals surface area contributed by atoms with E-state index < -0.39 is 0 Å². The lowest BCUT2D eigenvalue weighted by Gasteiger charge is -2.46. The van der Waals surface area contributed by atoms with Crippen LogP contribution < -0.4 is 0 Å². The van der Waals surface area contributed by atoms with Crippen LogP contribution in [0.15, 0.2) is 208 Å². The first kappa shape index (κ1) is 37.8. The summed E-state index contributed by atoms with van der Waals surface area (Å²) in [6.45, 7) is 4.80. The van der Waals surface area contributed by atoms with Gasteiger partial charge in [0.15, 0.2) is 0 Å². The molecule has 0 radical (unpaired) electrons. The third-order valence-electron chi connectivity index (χ3n) is 17.1. The average Bonchev–Trinajstić information content (AvgIpc) is 3.57. The third kappa shape index (κ3) is 6.14. The summed E-state index contributed by atoms with van der Waals surface area (Å²) in [7, 11) is 0. The van der Waals surface area contributed by atoms with E-state index in [4.69, 9.17) is 0 Å². The Morgan fingerprint density at radius 1 is 0.619 bits per heavy atom. The minimum Gasteiger partial charge on any atom is -0.0839 e. The second-order valence-electron chi connectivity index (χ2n) is 20.8. The molecule has 0 fully saturated rings. The standard InChI is InChI=1S/C63H58/c1-63(2)61-18-10-9-17-54(61)55-30-28-48(36-62(55)63)46-24-22-43-31-45(23-21-44(43)32-46)47-27-29-53-57(50-26-20-40-12-4-6-14-42(40)34-50)37-59-52-16-8-7-15-51(52)56(38-60(59)58(53)35-47)49-25-19-39-11-3-5-13-41(39)33-49/h3,5-11,13-15,17-21,23,25-26,28,30,32,35-38,43,49-50,52,59-60H,4,12,16,22,24,27,29,31,33-34H2,1-2H3. The van der Waals surface area contributed by atoms with Gasteiger partial charge in [0, 0.05) is 23.2 Å². The summed E-state index contributed by atoms with van der Waals surface area (Å²) in [5.74, 6) is 2.87. The van der Waals surface area contributed by atoms with Crippen molar-refractivity contribution < 1.29 is 0 Å². The number of fused-ring (bicyclic) bond motifs is 9. The summed E-state index contributed by atoms with van der Waals surface area (Å²) in [4.78, 5) is 0. The van der Waals surface area contributed by atoms with Crippen molar-refractivity contribution in [1.29, 1.82) is 0 Å². The van der Waals surface area contributed by atoms with Crippen LogP contribution in [0.1, 0.15) is 99.5 Å². The van der Waals surface area contributed by atoms with Gasteiger partial charge in [-0.3, -0.25) is 0 Å². The molecule has 0 amide bonds. The Morgan fingerprint density at radius 3 is 2.46 bits per heavy atom. The molecule has 3 aromatic rings. The van der Waals surface area contributed by atoms with Gasteiger partial charge in [0.2, 0.25) is 0 Å². The van der Waals surface area contributed by atoms with Gasteiger partial charge < -0.3 is 0 Å². The zero-order valence-corrected chi connectivity index (χ0v) is 37.0. The van der Waals surface area contributed by atoms with Crippen LogP contribution in [-0.4, -0.2) is 0 Å². The topological polar surface area (TPSA) is 0 Å². The maximum atomic E-state index is 2.81. The Morgan fingerprint density at radius 2 is 1.49 bits per heavy atom. The van der Waals surface area contributed by atoms with Crippen molar-refractivity contribution in [2.75, 3.05) is 0 Å². The highest BCUT2D eigenvalue weighted by molar-refractivity contribution is 5.83. The van der Waals surface area contributed by atoms with E-state index in [1.165, 1.54) is 69.4 Å². The molecule has 13 rings (SSSR count). The molecule has 310 valence electrons. The molecule has 3 aromatic carbocycles. The molecule has 63 heavy (non-hydrogen) atoms. The Hall–Kier alpha value is -5.72. The van der Waals surface area contributed by atoms with Crippen molar-refractivity contribution >= 4 is 11.6 Å². The predicted molar refractivity (Wildman–Crippen MR) is 264 cm³/mol. The Kier molecular flexibility index (Phi) is 8.80. The molecular formula is C63H58. The quantitative estimate of drug-likeness (QED) is 0.246. The van der Waals surface area contributed by atoms with E-state index in [0.29, 0.717) is 35.5 Å². The maximum Gasteiger partial charge on any atom is 0.0159 e. The van der Waals surface area contributed by atoms with Crippen molar-refractivity contribution in [2.24, 2.45) is 35.5 Å². The smallest absolute Gasteiger partial charge is 0.0159 e. The molecule has 0 spiro atoms. The molecule has 10 aliphatic rings. The second-order valence-corrected chi connectivity index (χ2v) is 20.8. The molecule has 0 nitrogen and oxygen atoms in total. The van der Waals surface area contributed by atoms with Gasteiger partial charge in [-0.15, -0.1) is 0 Å². The highest BCUT2D eigenvalue weighted by atomic mass is 14.5. The normalized spacial score (nSPS) is 29.2. The lowest BCUT2D eigenvalue weighted by Crippen LogP contribution is -2.35. The van der Waals surface area contributed by atoms with E-state index in [1.807, 2.05) is 0 Å². The fraction of sp³-hybridized carbons (Fsp3) is 0.302. The summed E-state index contributed by atoms with van der Waals surface area (Å²) in [6, 6.07) is 25.4. The molecule has 6 atom stereocenters. The average molecular weight is 815 g/mol.